The van der Waals surface area contributed by atoms with Crippen molar-refractivity contribution in [2.75, 3.05) is 25.5 Å². The van der Waals surface area contributed by atoms with Crippen molar-refractivity contribution < 1.29 is 9.59 Å². The van der Waals surface area contributed by atoms with Crippen LogP contribution < -0.4 is 10.6 Å². The molecule has 0 aliphatic rings. The van der Waals surface area contributed by atoms with Gasteiger partial charge in [-0.15, -0.1) is 0 Å². The van der Waals surface area contributed by atoms with Crippen LogP contribution in [0.2, 0.25) is 10.0 Å². The standard InChI is InChI=1S/C19H21Cl2N3O2/c1-13(14-4-3-5-16(21)10-14)22-18(25)11-24(2)12-19(26)23-17-8-6-15(20)7-9-17/h3-10,13H,11-12H2,1-2H3,(H,22,25)(H,23,26). The molecular weight excluding hydrogens is 373 g/mol. The molecule has 0 bridgehead atoms. The number of likely N-dealkylation sites (N-methyl/N-ethyl adjacent to an activating group) is 1. The molecule has 0 radical (unpaired) electrons. The second-order valence-corrected chi connectivity index (χ2v) is 6.94. The maximum Gasteiger partial charge on any atom is 0.238 e. The lowest BCUT2D eigenvalue weighted by Crippen LogP contribution is -2.39. The van der Waals surface area contributed by atoms with Crippen molar-refractivity contribution in [2.45, 2.75) is 13.0 Å². The van der Waals surface area contributed by atoms with Crippen LogP contribution >= 0.6 is 23.2 Å². The van der Waals surface area contributed by atoms with Gasteiger partial charge in [0.25, 0.3) is 0 Å². The second kappa shape index (κ2) is 9.57. The van der Waals surface area contributed by atoms with Gasteiger partial charge < -0.3 is 10.6 Å². The zero-order chi connectivity index (χ0) is 19.1. The summed E-state index contributed by atoms with van der Waals surface area (Å²) in [4.78, 5) is 25.8. The Kier molecular flexibility index (Phi) is 7.45. The Balaban J connectivity index is 1.79. The number of hydrogen-bond acceptors (Lipinski definition) is 3. The first-order valence-corrected chi connectivity index (χ1v) is 8.88. The van der Waals surface area contributed by atoms with Crippen molar-refractivity contribution in [3.05, 3.63) is 64.1 Å². The number of anilines is 1. The molecule has 1 atom stereocenters. The van der Waals surface area contributed by atoms with Gasteiger partial charge in [-0.3, -0.25) is 14.5 Å². The molecule has 0 saturated carbocycles. The van der Waals surface area contributed by atoms with Gasteiger partial charge in [0.2, 0.25) is 11.8 Å². The lowest BCUT2D eigenvalue weighted by molar-refractivity contribution is -0.123. The molecule has 2 rings (SSSR count). The topological polar surface area (TPSA) is 61.4 Å². The highest BCUT2D eigenvalue weighted by molar-refractivity contribution is 6.30. The Hall–Kier alpha value is -2.08. The van der Waals surface area contributed by atoms with Crippen LogP contribution in [0.25, 0.3) is 0 Å². The number of carbonyl (C=O) groups excluding carboxylic acids is 2. The van der Waals surface area contributed by atoms with Crippen molar-refractivity contribution in [2.24, 2.45) is 0 Å². The molecule has 2 aromatic carbocycles. The fourth-order valence-corrected chi connectivity index (χ4v) is 2.75. The number of benzene rings is 2. The van der Waals surface area contributed by atoms with E-state index in [4.69, 9.17) is 23.2 Å². The van der Waals surface area contributed by atoms with E-state index in [0.717, 1.165) is 5.56 Å². The predicted octanol–water partition coefficient (Wildman–Crippen LogP) is 3.74. The summed E-state index contributed by atoms with van der Waals surface area (Å²) in [5.41, 5.74) is 1.58. The summed E-state index contributed by atoms with van der Waals surface area (Å²) in [6, 6.07) is 14.0. The molecule has 26 heavy (non-hydrogen) atoms. The van der Waals surface area contributed by atoms with Crippen molar-refractivity contribution in [3.8, 4) is 0 Å². The lowest BCUT2D eigenvalue weighted by atomic mass is 10.1. The van der Waals surface area contributed by atoms with E-state index in [-0.39, 0.29) is 30.9 Å². The molecule has 0 heterocycles. The van der Waals surface area contributed by atoms with Crippen LogP contribution in [0.5, 0.6) is 0 Å². The average molecular weight is 394 g/mol. The smallest absolute Gasteiger partial charge is 0.238 e. The van der Waals surface area contributed by atoms with Crippen LogP contribution in [0.15, 0.2) is 48.5 Å². The number of rotatable bonds is 7. The average Bonchev–Trinajstić information content (AvgIpc) is 2.56. The normalized spacial score (nSPS) is 11.9. The molecule has 138 valence electrons. The quantitative estimate of drug-likeness (QED) is 0.752. The minimum Gasteiger partial charge on any atom is -0.348 e. The molecule has 1 unspecified atom stereocenters. The first kappa shape index (κ1) is 20.2. The first-order valence-electron chi connectivity index (χ1n) is 8.12. The molecule has 0 spiro atoms. The van der Waals surface area contributed by atoms with Gasteiger partial charge in [0.05, 0.1) is 19.1 Å². The van der Waals surface area contributed by atoms with E-state index in [1.54, 1.807) is 42.3 Å². The largest absolute Gasteiger partial charge is 0.348 e. The van der Waals surface area contributed by atoms with Crippen LogP contribution in [0.1, 0.15) is 18.5 Å². The molecule has 2 aromatic rings. The van der Waals surface area contributed by atoms with Gasteiger partial charge in [0, 0.05) is 15.7 Å². The zero-order valence-electron chi connectivity index (χ0n) is 14.6. The predicted molar refractivity (Wildman–Crippen MR) is 106 cm³/mol. The minimum atomic E-state index is -0.203. The van der Waals surface area contributed by atoms with E-state index in [9.17, 15) is 9.59 Å². The molecule has 0 fully saturated rings. The number of amides is 2. The third-order valence-corrected chi connectivity index (χ3v) is 4.17. The SMILES string of the molecule is CC(NC(=O)CN(C)CC(=O)Nc1ccc(Cl)cc1)c1cccc(Cl)c1. The summed E-state index contributed by atoms with van der Waals surface area (Å²) in [6.07, 6.45) is 0. The molecule has 0 aliphatic heterocycles. The van der Waals surface area contributed by atoms with Crippen molar-refractivity contribution >= 4 is 40.7 Å². The summed E-state index contributed by atoms with van der Waals surface area (Å²) >= 11 is 11.8. The third kappa shape index (κ3) is 6.67. The molecule has 2 amide bonds. The molecule has 0 saturated heterocycles. The maximum absolute atomic E-state index is 12.2. The molecule has 7 heteroatoms. The van der Waals surface area contributed by atoms with Gasteiger partial charge >= 0.3 is 0 Å². The van der Waals surface area contributed by atoms with Crippen LogP contribution in [0.3, 0.4) is 0 Å². The van der Waals surface area contributed by atoms with E-state index in [2.05, 4.69) is 10.6 Å². The number of halogens is 2. The lowest BCUT2D eigenvalue weighted by Gasteiger charge is -2.19. The van der Waals surface area contributed by atoms with Gasteiger partial charge in [0.15, 0.2) is 0 Å². The van der Waals surface area contributed by atoms with Crippen molar-refractivity contribution in [1.82, 2.24) is 10.2 Å². The van der Waals surface area contributed by atoms with Gasteiger partial charge in [-0.1, -0.05) is 35.3 Å². The van der Waals surface area contributed by atoms with Crippen LogP contribution in [-0.4, -0.2) is 36.9 Å². The van der Waals surface area contributed by atoms with Crippen LogP contribution in [0, 0.1) is 0 Å². The highest BCUT2D eigenvalue weighted by atomic mass is 35.5. The van der Waals surface area contributed by atoms with E-state index in [1.165, 1.54) is 0 Å². The number of hydrogen-bond donors (Lipinski definition) is 2. The molecule has 2 N–H and O–H groups in total. The fourth-order valence-electron chi connectivity index (χ4n) is 2.43. The fraction of sp³-hybridized carbons (Fsp3) is 0.263. The van der Waals surface area contributed by atoms with Crippen LogP contribution in [-0.2, 0) is 9.59 Å². The summed E-state index contributed by atoms with van der Waals surface area (Å²) < 4.78 is 0. The van der Waals surface area contributed by atoms with Crippen LogP contribution in [0.4, 0.5) is 5.69 Å². The van der Waals surface area contributed by atoms with Gasteiger partial charge in [-0.25, -0.2) is 0 Å². The summed E-state index contributed by atoms with van der Waals surface area (Å²) in [5, 5.41) is 6.89. The summed E-state index contributed by atoms with van der Waals surface area (Å²) in [7, 11) is 1.71. The van der Waals surface area contributed by atoms with Gasteiger partial charge in [-0.2, -0.15) is 0 Å². The summed E-state index contributed by atoms with van der Waals surface area (Å²) in [6.45, 7) is 2.09. The summed E-state index contributed by atoms with van der Waals surface area (Å²) in [5.74, 6) is -0.371. The molecule has 0 aromatic heterocycles. The Bertz CT molecular complexity index is 766. The van der Waals surface area contributed by atoms with Gasteiger partial charge in [-0.05, 0) is 55.9 Å². The van der Waals surface area contributed by atoms with Crippen molar-refractivity contribution in [1.29, 1.82) is 0 Å². The number of carbonyl (C=O) groups is 2. The Morgan fingerprint density at radius 3 is 2.31 bits per heavy atom. The third-order valence-electron chi connectivity index (χ3n) is 3.68. The highest BCUT2D eigenvalue weighted by Crippen LogP contribution is 2.17. The first-order chi connectivity index (χ1) is 12.3. The second-order valence-electron chi connectivity index (χ2n) is 6.07. The van der Waals surface area contributed by atoms with E-state index < -0.39 is 0 Å². The van der Waals surface area contributed by atoms with E-state index in [1.807, 2.05) is 25.1 Å². The Labute approximate surface area is 163 Å². The monoisotopic (exact) mass is 393 g/mol. The van der Waals surface area contributed by atoms with Gasteiger partial charge in [0.1, 0.15) is 0 Å². The molecule has 0 aliphatic carbocycles. The Morgan fingerprint density at radius 2 is 1.65 bits per heavy atom. The van der Waals surface area contributed by atoms with E-state index >= 15 is 0 Å². The highest BCUT2D eigenvalue weighted by Gasteiger charge is 2.14. The zero-order valence-corrected chi connectivity index (χ0v) is 16.1. The Morgan fingerprint density at radius 1 is 1.00 bits per heavy atom. The minimum absolute atomic E-state index is 0.0988. The number of nitrogens with one attached hydrogen (secondary N) is 2. The molecular formula is C19H21Cl2N3O2. The van der Waals surface area contributed by atoms with E-state index in [0.29, 0.717) is 15.7 Å². The molecule has 5 nitrogen and oxygen atoms in total. The number of nitrogens with zero attached hydrogens (tertiary/aromatic N) is 1. The van der Waals surface area contributed by atoms with Crippen molar-refractivity contribution in [3.63, 3.8) is 0 Å². The maximum atomic E-state index is 12.2.